The molecule has 2 atom stereocenters. The number of rotatable bonds is 9. The number of aliphatic carboxylic acids is 1. The van der Waals surface area contributed by atoms with E-state index >= 15 is 0 Å². The van der Waals surface area contributed by atoms with E-state index in [1.807, 2.05) is 20.8 Å². The van der Waals surface area contributed by atoms with Gasteiger partial charge >= 0.3 is 5.97 Å². The molecule has 0 bridgehead atoms. The van der Waals surface area contributed by atoms with Crippen LogP contribution in [0, 0.1) is 17.8 Å². The summed E-state index contributed by atoms with van der Waals surface area (Å²) in [6.45, 7) is 20.3. The fourth-order valence-corrected chi connectivity index (χ4v) is 4.15. The Kier molecular flexibility index (Phi) is 7.94. The van der Waals surface area contributed by atoms with Crippen molar-refractivity contribution < 1.29 is 14.3 Å². The van der Waals surface area contributed by atoms with Crippen molar-refractivity contribution in [2.24, 2.45) is 5.41 Å². The average Bonchev–Trinajstić information content (AvgIpc) is 2.44. The first-order valence-corrected chi connectivity index (χ1v) is 11.7. The number of allylic oxidation sites excluding steroid dienone is 2. The molecule has 4 heteroatoms. The maximum Gasteiger partial charge on any atom is 0.336 e. The first-order chi connectivity index (χ1) is 11.2. The molecule has 0 aromatic heterocycles. The van der Waals surface area contributed by atoms with Crippen LogP contribution in [0.25, 0.3) is 0 Å². The van der Waals surface area contributed by atoms with Gasteiger partial charge in [0.2, 0.25) is 0 Å². The minimum Gasteiger partial charge on any atom is -0.479 e. The van der Waals surface area contributed by atoms with Crippen LogP contribution in [0.5, 0.6) is 0 Å². The highest BCUT2D eigenvalue weighted by Crippen LogP contribution is 2.48. The maximum atomic E-state index is 12.5. The van der Waals surface area contributed by atoms with E-state index in [4.69, 9.17) is 10.8 Å². The van der Waals surface area contributed by atoms with Gasteiger partial charge in [-0.05, 0) is 44.8 Å². The third-order valence-electron chi connectivity index (χ3n) is 5.52. The molecule has 0 spiro atoms. The Morgan fingerprint density at radius 1 is 1.28 bits per heavy atom. The molecule has 0 aromatic rings. The van der Waals surface area contributed by atoms with E-state index in [1.165, 1.54) is 5.57 Å². The van der Waals surface area contributed by atoms with Gasteiger partial charge in [0.25, 0.3) is 0 Å². The number of carbonyl (C=O) groups is 1. The van der Waals surface area contributed by atoms with Crippen molar-refractivity contribution in [3.05, 3.63) is 24.3 Å². The van der Waals surface area contributed by atoms with Crippen LogP contribution in [-0.2, 0) is 9.22 Å². The number of hydrogen-bond donors (Lipinski definition) is 1. The number of carboxylic acid groups (broad SMARTS) is 1. The van der Waals surface area contributed by atoms with Gasteiger partial charge in [-0.1, -0.05) is 45.4 Å². The topological polar surface area (TPSA) is 46.5 Å². The first kappa shape index (κ1) is 23.7. The van der Waals surface area contributed by atoms with Gasteiger partial charge in [-0.2, -0.15) is 0 Å². The molecule has 0 fully saturated rings. The van der Waals surface area contributed by atoms with Crippen LogP contribution < -0.4 is 0 Å². The smallest absolute Gasteiger partial charge is 0.336 e. The monoisotopic (exact) mass is 364 g/mol. The van der Waals surface area contributed by atoms with E-state index in [9.17, 15) is 9.90 Å². The number of hydrogen-bond acceptors (Lipinski definition) is 2. The van der Waals surface area contributed by atoms with Crippen LogP contribution in [0.4, 0.5) is 0 Å². The molecule has 0 radical (unpaired) electrons. The Morgan fingerprint density at radius 3 is 2.12 bits per heavy atom. The van der Waals surface area contributed by atoms with Crippen LogP contribution in [0.3, 0.4) is 0 Å². The van der Waals surface area contributed by atoms with Gasteiger partial charge in [0, 0.05) is 11.8 Å². The Hall–Kier alpha value is -1.31. The lowest BCUT2D eigenvalue weighted by Gasteiger charge is -2.50. The minimum atomic E-state index is -2.37. The van der Waals surface area contributed by atoms with Gasteiger partial charge in [0.1, 0.15) is 0 Å². The van der Waals surface area contributed by atoms with Crippen LogP contribution in [0.2, 0.25) is 18.1 Å². The third-order valence-corrected chi connectivity index (χ3v) is 9.99. The fraction of sp³-hybridized carbons (Fsp3) is 0.667. The predicted octanol–water partition coefficient (Wildman–Crippen LogP) is 5.79. The van der Waals surface area contributed by atoms with Gasteiger partial charge in [0.05, 0.1) is 0 Å². The zero-order chi connectivity index (χ0) is 20.1. The molecule has 0 aliphatic carbocycles. The summed E-state index contributed by atoms with van der Waals surface area (Å²) in [6, 6.07) is 0. The molecule has 25 heavy (non-hydrogen) atoms. The van der Waals surface area contributed by atoms with Gasteiger partial charge < -0.3 is 9.53 Å². The van der Waals surface area contributed by atoms with Crippen molar-refractivity contribution in [2.75, 3.05) is 0 Å². The summed E-state index contributed by atoms with van der Waals surface area (Å²) < 4.78 is 6.51. The molecule has 142 valence electrons. The zero-order valence-corrected chi connectivity index (χ0v) is 18.3. The fourth-order valence-electron chi connectivity index (χ4n) is 2.58. The summed E-state index contributed by atoms with van der Waals surface area (Å²) in [4.78, 5) is 12.5. The van der Waals surface area contributed by atoms with E-state index in [0.717, 1.165) is 6.42 Å². The molecule has 0 aromatic carbocycles. The average molecular weight is 365 g/mol. The molecule has 0 heterocycles. The molecular formula is C21H36O3Si. The molecule has 0 rings (SSSR count). The van der Waals surface area contributed by atoms with Crippen molar-refractivity contribution in [1.29, 1.82) is 0 Å². The zero-order valence-electron chi connectivity index (χ0n) is 17.3. The Bertz CT molecular complexity index is 559. The normalized spacial score (nSPS) is 16.9. The number of carboxylic acids is 1. The number of terminal acetylenes is 1. The van der Waals surface area contributed by atoms with Crippen molar-refractivity contribution >= 4 is 14.3 Å². The van der Waals surface area contributed by atoms with Crippen LogP contribution >= 0.6 is 0 Å². The van der Waals surface area contributed by atoms with E-state index in [-0.39, 0.29) is 11.5 Å². The van der Waals surface area contributed by atoms with Gasteiger partial charge in [-0.3, -0.25) is 0 Å². The second-order valence-electron chi connectivity index (χ2n) is 8.82. The van der Waals surface area contributed by atoms with E-state index in [2.05, 4.69) is 52.4 Å². The Balaban J connectivity index is 6.20. The standard InChI is InChI=1S/C21H36O3Si/c1-11-15-21(18(22)23,24-25(9,10)19(5,6)7)20(8,12-2)16-13-14-17(3)4/h1,12,14H,2,13,15-16H2,3-10H3,(H,22,23)/t20-,21+/m0/s1. The first-order valence-electron chi connectivity index (χ1n) is 8.83. The lowest BCUT2D eigenvalue weighted by Crippen LogP contribution is -2.60. The van der Waals surface area contributed by atoms with E-state index in [1.54, 1.807) is 6.08 Å². The SMILES string of the molecule is C#CC[C@@](O[Si](C)(C)C(C)(C)C)(C(=O)O)[C@@](C)(C=C)CCC=C(C)C. The van der Waals surface area contributed by atoms with Crippen LogP contribution in [0.1, 0.15) is 60.8 Å². The second-order valence-corrected chi connectivity index (χ2v) is 13.5. The lowest BCUT2D eigenvalue weighted by atomic mass is 9.68. The summed E-state index contributed by atoms with van der Waals surface area (Å²) in [5.41, 5.74) is -1.04. The summed E-state index contributed by atoms with van der Waals surface area (Å²) in [5, 5.41) is 10.1. The maximum absolute atomic E-state index is 12.5. The van der Waals surface area contributed by atoms with Crippen molar-refractivity contribution in [2.45, 2.75) is 84.5 Å². The van der Waals surface area contributed by atoms with Crippen molar-refractivity contribution in [3.63, 3.8) is 0 Å². The molecule has 0 aliphatic heterocycles. The summed E-state index contributed by atoms with van der Waals surface area (Å²) in [6.07, 6.45) is 10.8. The minimum absolute atomic E-state index is 0.0200. The molecule has 0 unspecified atom stereocenters. The van der Waals surface area contributed by atoms with Crippen molar-refractivity contribution in [3.8, 4) is 12.3 Å². The van der Waals surface area contributed by atoms with Gasteiger partial charge in [-0.15, -0.1) is 18.9 Å². The van der Waals surface area contributed by atoms with Crippen LogP contribution in [0.15, 0.2) is 24.3 Å². The summed E-state index contributed by atoms with van der Waals surface area (Å²) in [7, 11) is -2.37. The summed E-state index contributed by atoms with van der Waals surface area (Å²) >= 11 is 0. The Labute approximate surface area is 155 Å². The molecule has 0 saturated heterocycles. The highest BCUT2D eigenvalue weighted by Gasteiger charge is 2.57. The summed E-state index contributed by atoms with van der Waals surface area (Å²) in [5.74, 6) is 1.55. The lowest BCUT2D eigenvalue weighted by molar-refractivity contribution is -0.167. The largest absolute Gasteiger partial charge is 0.479 e. The third kappa shape index (κ3) is 5.33. The van der Waals surface area contributed by atoms with E-state index < -0.39 is 25.3 Å². The van der Waals surface area contributed by atoms with Gasteiger partial charge in [-0.25, -0.2) is 4.79 Å². The van der Waals surface area contributed by atoms with Crippen molar-refractivity contribution in [1.82, 2.24) is 0 Å². The van der Waals surface area contributed by atoms with Crippen LogP contribution in [-0.4, -0.2) is 25.0 Å². The molecule has 0 amide bonds. The molecular weight excluding hydrogens is 328 g/mol. The molecule has 0 saturated carbocycles. The molecule has 1 N–H and O–H groups in total. The second kappa shape index (κ2) is 8.38. The quantitative estimate of drug-likeness (QED) is 0.320. The highest BCUT2D eigenvalue weighted by molar-refractivity contribution is 6.74. The molecule has 3 nitrogen and oxygen atoms in total. The Morgan fingerprint density at radius 2 is 1.80 bits per heavy atom. The highest BCUT2D eigenvalue weighted by atomic mass is 28.4. The molecule has 0 aliphatic rings. The van der Waals surface area contributed by atoms with Gasteiger partial charge in [0.15, 0.2) is 13.9 Å². The predicted molar refractivity (Wildman–Crippen MR) is 109 cm³/mol. The van der Waals surface area contributed by atoms with E-state index in [0.29, 0.717) is 6.42 Å².